The van der Waals surface area contributed by atoms with E-state index in [1.54, 1.807) is 18.3 Å². The van der Waals surface area contributed by atoms with Crippen LogP contribution in [0.3, 0.4) is 0 Å². The summed E-state index contributed by atoms with van der Waals surface area (Å²) in [7, 11) is 0. The van der Waals surface area contributed by atoms with E-state index in [1.165, 1.54) is 6.21 Å². The number of pyridine rings is 2. The number of aromatic nitrogens is 2. The molecule has 94 valence electrons. The SMILES string of the molecule is CC(C)Nc1nc(C=NO)cc2cnc(Cl)cc12. The van der Waals surface area contributed by atoms with Crippen molar-refractivity contribution >= 4 is 34.4 Å². The summed E-state index contributed by atoms with van der Waals surface area (Å²) in [5, 5.41) is 17.0. The molecule has 0 atom stereocenters. The first-order valence-corrected chi connectivity index (χ1v) is 5.88. The van der Waals surface area contributed by atoms with E-state index in [9.17, 15) is 0 Å². The third kappa shape index (κ3) is 2.68. The second-order valence-electron chi connectivity index (χ2n) is 4.17. The van der Waals surface area contributed by atoms with E-state index >= 15 is 0 Å². The number of hydrogen-bond donors (Lipinski definition) is 2. The highest BCUT2D eigenvalue weighted by molar-refractivity contribution is 6.30. The lowest BCUT2D eigenvalue weighted by Crippen LogP contribution is -2.12. The van der Waals surface area contributed by atoms with Crippen molar-refractivity contribution < 1.29 is 5.21 Å². The Bertz CT molecular complexity index is 598. The van der Waals surface area contributed by atoms with E-state index in [0.29, 0.717) is 16.7 Å². The molecule has 0 unspecified atom stereocenters. The molecule has 2 N–H and O–H groups in total. The van der Waals surface area contributed by atoms with Crippen molar-refractivity contribution in [3.63, 3.8) is 0 Å². The summed E-state index contributed by atoms with van der Waals surface area (Å²) >= 11 is 5.90. The van der Waals surface area contributed by atoms with Gasteiger partial charge in [-0.2, -0.15) is 0 Å². The molecular formula is C12H13ClN4O. The lowest BCUT2D eigenvalue weighted by Gasteiger charge is -2.12. The normalized spacial score (nSPS) is 11.6. The summed E-state index contributed by atoms with van der Waals surface area (Å²) < 4.78 is 0. The standard InChI is InChI=1S/C12H13ClN4O/c1-7(2)16-12-10-4-11(13)14-5-8(10)3-9(17-12)6-15-18/h3-7,18H,1-2H3,(H,16,17). The first-order chi connectivity index (χ1) is 8.60. The van der Waals surface area contributed by atoms with Gasteiger partial charge in [0.15, 0.2) is 0 Å². The molecule has 0 aliphatic rings. The van der Waals surface area contributed by atoms with Crippen LogP contribution in [0.25, 0.3) is 10.8 Å². The highest BCUT2D eigenvalue weighted by Gasteiger charge is 2.07. The quantitative estimate of drug-likeness (QED) is 0.387. The van der Waals surface area contributed by atoms with Crippen LogP contribution in [-0.4, -0.2) is 27.4 Å². The fourth-order valence-corrected chi connectivity index (χ4v) is 1.81. The fourth-order valence-electron chi connectivity index (χ4n) is 1.65. The zero-order valence-electron chi connectivity index (χ0n) is 10.1. The van der Waals surface area contributed by atoms with Crippen LogP contribution in [0.4, 0.5) is 5.82 Å². The molecule has 5 nitrogen and oxygen atoms in total. The van der Waals surface area contributed by atoms with Crippen LogP contribution in [0.15, 0.2) is 23.5 Å². The van der Waals surface area contributed by atoms with Gasteiger partial charge in [0.1, 0.15) is 11.0 Å². The van der Waals surface area contributed by atoms with Crippen LogP contribution in [0, 0.1) is 0 Å². The van der Waals surface area contributed by atoms with Crippen molar-refractivity contribution in [2.45, 2.75) is 19.9 Å². The number of fused-ring (bicyclic) bond motifs is 1. The molecule has 0 bridgehead atoms. The van der Waals surface area contributed by atoms with Crippen molar-refractivity contribution in [2.24, 2.45) is 5.16 Å². The number of rotatable bonds is 3. The third-order valence-corrected chi connectivity index (χ3v) is 2.52. The minimum Gasteiger partial charge on any atom is -0.411 e. The number of nitrogens with one attached hydrogen (secondary N) is 1. The lowest BCUT2D eigenvalue weighted by molar-refractivity contribution is 0.321. The molecule has 0 aliphatic heterocycles. The van der Waals surface area contributed by atoms with Gasteiger partial charge >= 0.3 is 0 Å². The number of anilines is 1. The Morgan fingerprint density at radius 2 is 2.22 bits per heavy atom. The Hall–Kier alpha value is -1.88. The molecule has 0 amide bonds. The van der Waals surface area contributed by atoms with Crippen molar-refractivity contribution in [2.75, 3.05) is 5.32 Å². The summed E-state index contributed by atoms with van der Waals surface area (Å²) in [5.41, 5.74) is 0.553. The van der Waals surface area contributed by atoms with Crippen LogP contribution in [-0.2, 0) is 0 Å². The van der Waals surface area contributed by atoms with E-state index in [2.05, 4.69) is 20.4 Å². The molecule has 0 aromatic carbocycles. The minimum atomic E-state index is 0.231. The van der Waals surface area contributed by atoms with Gasteiger partial charge in [0.05, 0.1) is 11.9 Å². The Morgan fingerprint density at radius 1 is 1.44 bits per heavy atom. The highest BCUT2D eigenvalue weighted by Crippen LogP contribution is 2.24. The van der Waals surface area contributed by atoms with Gasteiger partial charge in [-0.05, 0) is 26.0 Å². The molecule has 0 radical (unpaired) electrons. The smallest absolute Gasteiger partial charge is 0.134 e. The van der Waals surface area contributed by atoms with Crippen molar-refractivity contribution in [3.8, 4) is 0 Å². The maximum Gasteiger partial charge on any atom is 0.134 e. The lowest BCUT2D eigenvalue weighted by atomic mass is 10.2. The van der Waals surface area contributed by atoms with Crippen molar-refractivity contribution in [3.05, 3.63) is 29.2 Å². The Kier molecular flexibility index (Phi) is 3.62. The van der Waals surface area contributed by atoms with Gasteiger partial charge in [-0.15, -0.1) is 0 Å². The summed E-state index contributed by atoms with van der Waals surface area (Å²) in [6.45, 7) is 4.03. The molecule has 2 rings (SSSR count). The van der Waals surface area contributed by atoms with E-state index < -0.39 is 0 Å². The summed E-state index contributed by atoms with van der Waals surface area (Å²) in [4.78, 5) is 8.40. The molecule has 0 aliphatic carbocycles. The molecule has 2 aromatic heterocycles. The number of hydrogen-bond acceptors (Lipinski definition) is 5. The van der Waals surface area contributed by atoms with Crippen LogP contribution in [0.1, 0.15) is 19.5 Å². The number of halogens is 1. The van der Waals surface area contributed by atoms with E-state index in [4.69, 9.17) is 16.8 Å². The number of oxime groups is 1. The summed E-state index contributed by atoms with van der Waals surface area (Å²) in [5.74, 6) is 0.696. The van der Waals surface area contributed by atoms with Crippen molar-refractivity contribution in [1.29, 1.82) is 0 Å². The summed E-state index contributed by atoms with van der Waals surface area (Å²) in [6, 6.07) is 3.77. The maximum atomic E-state index is 8.58. The van der Waals surface area contributed by atoms with E-state index in [0.717, 1.165) is 10.8 Å². The molecule has 18 heavy (non-hydrogen) atoms. The fraction of sp³-hybridized carbons (Fsp3) is 0.250. The first-order valence-electron chi connectivity index (χ1n) is 5.50. The van der Waals surface area contributed by atoms with Crippen LogP contribution >= 0.6 is 11.6 Å². The zero-order valence-corrected chi connectivity index (χ0v) is 10.8. The molecule has 0 fully saturated rings. The Labute approximate surface area is 110 Å². The number of nitrogens with zero attached hydrogens (tertiary/aromatic N) is 3. The highest BCUT2D eigenvalue weighted by atomic mass is 35.5. The van der Waals surface area contributed by atoms with Crippen LogP contribution < -0.4 is 5.32 Å². The topological polar surface area (TPSA) is 70.4 Å². The average Bonchev–Trinajstić information content (AvgIpc) is 2.30. The second-order valence-corrected chi connectivity index (χ2v) is 4.55. The predicted octanol–water partition coefficient (Wildman–Crippen LogP) is 2.91. The van der Waals surface area contributed by atoms with Gasteiger partial charge in [0, 0.05) is 23.0 Å². The molecule has 0 saturated carbocycles. The molecule has 2 heterocycles. The van der Waals surface area contributed by atoms with Gasteiger partial charge in [-0.1, -0.05) is 16.8 Å². The molecule has 0 spiro atoms. The van der Waals surface area contributed by atoms with Crippen LogP contribution in [0.5, 0.6) is 0 Å². The third-order valence-electron chi connectivity index (χ3n) is 2.32. The first kappa shape index (κ1) is 12.6. The van der Waals surface area contributed by atoms with Gasteiger partial charge in [-0.3, -0.25) is 0 Å². The van der Waals surface area contributed by atoms with Crippen molar-refractivity contribution in [1.82, 2.24) is 9.97 Å². The molecule has 0 saturated heterocycles. The Morgan fingerprint density at radius 3 is 2.89 bits per heavy atom. The van der Waals surface area contributed by atoms with Crippen LogP contribution in [0.2, 0.25) is 5.15 Å². The molecular weight excluding hydrogens is 252 g/mol. The van der Waals surface area contributed by atoms with Gasteiger partial charge in [-0.25, -0.2) is 9.97 Å². The monoisotopic (exact) mass is 264 g/mol. The van der Waals surface area contributed by atoms with Gasteiger partial charge in [0.2, 0.25) is 0 Å². The minimum absolute atomic E-state index is 0.231. The Balaban J connectivity index is 2.64. The largest absolute Gasteiger partial charge is 0.411 e. The van der Waals surface area contributed by atoms with E-state index in [-0.39, 0.29) is 6.04 Å². The van der Waals surface area contributed by atoms with E-state index in [1.807, 2.05) is 13.8 Å². The average molecular weight is 265 g/mol. The molecule has 2 aromatic rings. The second kappa shape index (κ2) is 5.18. The maximum absolute atomic E-state index is 8.58. The zero-order chi connectivity index (χ0) is 13.1. The summed E-state index contributed by atoms with van der Waals surface area (Å²) in [6.07, 6.45) is 2.94. The predicted molar refractivity (Wildman–Crippen MR) is 72.7 cm³/mol. The van der Waals surface area contributed by atoms with Gasteiger partial charge in [0.25, 0.3) is 0 Å². The van der Waals surface area contributed by atoms with Gasteiger partial charge < -0.3 is 10.5 Å². The molecule has 6 heteroatoms.